The number of benzene rings is 3. The van der Waals surface area contributed by atoms with E-state index in [1.54, 1.807) is 7.11 Å². The first-order chi connectivity index (χ1) is 17.7. The van der Waals surface area contributed by atoms with Crippen molar-refractivity contribution in [3.05, 3.63) is 90.3 Å². The van der Waals surface area contributed by atoms with Gasteiger partial charge in [-0.1, -0.05) is 61.7 Å². The Hall–Kier alpha value is -3.80. The molecule has 6 heteroatoms. The minimum atomic E-state index is 0.125. The third-order valence-corrected chi connectivity index (χ3v) is 6.99. The fraction of sp³-hybridized carbons (Fsp3) is 0.333. The third-order valence-electron chi connectivity index (χ3n) is 6.99. The molecule has 0 spiro atoms. The summed E-state index contributed by atoms with van der Waals surface area (Å²) in [6.07, 6.45) is 5.74. The van der Waals surface area contributed by atoms with Gasteiger partial charge in [-0.2, -0.15) is 0 Å². The molecular formula is C30H33N3O3. The number of ether oxygens (including phenoxy) is 2. The number of carbonyl (C=O) groups is 1. The van der Waals surface area contributed by atoms with Crippen LogP contribution in [0.15, 0.2) is 78.9 Å². The fourth-order valence-corrected chi connectivity index (χ4v) is 5.05. The summed E-state index contributed by atoms with van der Waals surface area (Å²) in [6.45, 7) is 1.15. The summed E-state index contributed by atoms with van der Waals surface area (Å²) >= 11 is 0. The summed E-state index contributed by atoms with van der Waals surface area (Å²) in [7, 11) is 1.64. The van der Waals surface area contributed by atoms with Crippen LogP contribution in [0.3, 0.4) is 0 Å². The average molecular weight is 484 g/mol. The van der Waals surface area contributed by atoms with Crippen LogP contribution >= 0.6 is 0 Å². The molecule has 1 saturated carbocycles. The van der Waals surface area contributed by atoms with Crippen molar-refractivity contribution >= 4 is 16.9 Å². The van der Waals surface area contributed by atoms with Gasteiger partial charge >= 0.3 is 0 Å². The summed E-state index contributed by atoms with van der Waals surface area (Å²) in [5.74, 6) is 2.37. The highest BCUT2D eigenvalue weighted by atomic mass is 16.5. The Morgan fingerprint density at radius 2 is 1.61 bits per heavy atom. The molecule has 1 aliphatic carbocycles. The standard InChI is InChI=1S/C30H33N3O3/c1-35-25-16-18-26(19-17-25)36-22-29-31-27-14-8-9-15-28(27)33(29)21-30(34)32(24-12-6-3-7-13-24)20-23-10-4-2-5-11-23/h2,4-5,8-11,14-19,24H,3,6-7,12-13,20-22H2,1H3. The van der Waals surface area contributed by atoms with E-state index in [1.165, 1.54) is 19.3 Å². The van der Waals surface area contributed by atoms with E-state index in [-0.39, 0.29) is 25.1 Å². The highest BCUT2D eigenvalue weighted by molar-refractivity contribution is 5.81. The molecule has 0 N–H and O–H groups in total. The second kappa shape index (κ2) is 11.3. The van der Waals surface area contributed by atoms with Crippen molar-refractivity contribution in [2.24, 2.45) is 0 Å². The number of fused-ring (bicyclic) bond motifs is 1. The minimum absolute atomic E-state index is 0.125. The first-order valence-electron chi connectivity index (χ1n) is 12.8. The summed E-state index contributed by atoms with van der Waals surface area (Å²) in [5.41, 5.74) is 2.98. The SMILES string of the molecule is COc1ccc(OCc2nc3ccccc3n2CC(=O)N(Cc2ccccc2)C2CCCCC2)cc1. The van der Waals surface area contributed by atoms with Crippen molar-refractivity contribution in [3.8, 4) is 11.5 Å². The molecule has 1 heterocycles. The van der Waals surface area contributed by atoms with Gasteiger partial charge in [0.2, 0.25) is 5.91 Å². The molecule has 4 aromatic rings. The molecular weight excluding hydrogens is 450 g/mol. The van der Waals surface area contributed by atoms with Crippen LogP contribution in [-0.2, 0) is 24.5 Å². The van der Waals surface area contributed by atoms with E-state index in [1.807, 2.05) is 71.3 Å². The van der Waals surface area contributed by atoms with Crippen molar-refractivity contribution in [3.63, 3.8) is 0 Å². The number of hydrogen-bond acceptors (Lipinski definition) is 4. The van der Waals surface area contributed by atoms with Crippen LogP contribution in [0.4, 0.5) is 0 Å². The van der Waals surface area contributed by atoms with Gasteiger partial charge in [0.15, 0.2) is 0 Å². The van der Waals surface area contributed by atoms with E-state index in [4.69, 9.17) is 14.5 Å². The largest absolute Gasteiger partial charge is 0.497 e. The number of rotatable bonds is 9. The molecule has 0 unspecified atom stereocenters. The molecule has 186 valence electrons. The van der Waals surface area contributed by atoms with Crippen LogP contribution in [-0.4, -0.2) is 33.5 Å². The summed E-state index contributed by atoms with van der Waals surface area (Å²) in [5, 5.41) is 0. The van der Waals surface area contributed by atoms with Crippen LogP contribution in [0.5, 0.6) is 11.5 Å². The molecule has 0 aliphatic heterocycles. The van der Waals surface area contributed by atoms with Gasteiger partial charge in [-0.05, 0) is 54.8 Å². The topological polar surface area (TPSA) is 56.6 Å². The number of aromatic nitrogens is 2. The maximum Gasteiger partial charge on any atom is 0.243 e. The fourth-order valence-electron chi connectivity index (χ4n) is 5.05. The lowest BCUT2D eigenvalue weighted by atomic mass is 9.93. The van der Waals surface area contributed by atoms with Crippen LogP contribution in [0.1, 0.15) is 43.5 Å². The third kappa shape index (κ3) is 5.54. The van der Waals surface area contributed by atoms with Crippen LogP contribution in [0, 0.1) is 0 Å². The van der Waals surface area contributed by atoms with Gasteiger partial charge in [-0.25, -0.2) is 4.98 Å². The first-order valence-corrected chi connectivity index (χ1v) is 12.8. The molecule has 0 radical (unpaired) electrons. The quantitative estimate of drug-likeness (QED) is 0.294. The van der Waals surface area contributed by atoms with Crippen molar-refractivity contribution in [2.75, 3.05) is 7.11 Å². The predicted octanol–water partition coefficient (Wildman–Crippen LogP) is 5.99. The molecule has 0 saturated heterocycles. The van der Waals surface area contributed by atoms with Gasteiger partial charge in [0, 0.05) is 12.6 Å². The monoisotopic (exact) mass is 483 g/mol. The molecule has 1 amide bonds. The molecule has 1 aliphatic rings. The van der Waals surface area contributed by atoms with Gasteiger partial charge in [0.25, 0.3) is 0 Å². The normalized spacial score (nSPS) is 14.0. The lowest BCUT2D eigenvalue weighted by molar-refractivity contribution is -0.135. The molecule has 3 aromatic carbocycles. The number of para-hydroxylation sites is 2. The summed E-state index contributed by atoms with van der Waals surface area (Å²) < 4.78 is 13.3. The molecule has 0 bridgehead atoms. The Morgan fingerprint density at radius 1 is 0.917 bits per heavy atom. The minimum Gasteiger partial charge on any atom is -0.497 e. The lowest BCUT2D eigenvalue weighted by Crippen LogP contribution is -2.42. The van der Waals surface area contributed by atoms with E-state index in [9.17, 15) is 4.79 Å². The highest BCUT2D eigenvalue weighted by Gasteiger charge is 2.27. The maximum absolute atomic E-state index is 13.9. The highest BCUT2D eigenvalue weighted by Crippen LogP contribution is 2.26. The number of carbonyl (C=O) groups excluding carboxylic acids is 1. The van der Waals surface area contributed by atoms with Crippen molar-refractivity contribution < 1.29 is 14.3 Å². The van der Waals surface area contributed by atoms with Gasteiger partial charge in [-0.15, -0.1) is 0 Å². The van der Waals surface area contributed by atoms with E-state index < -0.39 is 0 Å². The Labute approximate surface area is 212 Å². The molecule has 36 heavy (non-hydrogen) atoms. The second-order valence-corrected chi connectivity index (χ2v) is 9.37. The number of amides is 1. The molecule has 6 nitrogen and oxygen atoms in total. The first kappa shape index (κ1) is 23.9. The second-order valence-electron chi connectivity index (χ2n) is 9.37. The van der Waals surface area contributed by atoms with E-state index in [0.29, 0.717) is 6.54 Å². The van der Waals surface area contributed by atoms with E-state index in [2.05, 4.69) is 17.0 Å². The zero-order valence-electron chi connectivity index (χ0n) is 20.8. The van der Waals surface area contributed by atoms with E-state index >= 15 is 0 Å². The zero-order chi connectivity index (χ0) is 24.7. The van der Waals surface area contributed by atoms with Crippen molar-refractivity contribution in [1.82, 2.24) is 14.5 Å². The predicted molar refractivity (Wildman–Crippen MR) is 141 cm³/mol. The Kier molecular flexibility index (Phi) is 7.50. The van der Waals surface area contributed by atoms with Crippen LogP contribution in [0.2, 0.25) is 0 Å². The van der Waals surface area contributed by atoms with Crippen molar-refractivity contribution in [1.29, 1.82) is 0 Å². The molecule has 5 rings (SSSR count). The Balaban J connectivity index is 1.39. The lowest BCUT2D eigenvalue weighted by Gasteiger charge is -2.35. The summed E-state index contributed by atoms with van der Waals surface area (Å²) in [6, 6.07) is 26.0. The number of hydrogen-bond donors (Lipinski definition) is 0. The molecule has 0 atom stereocenters. The Bertz CT molecular complexity index is 1280. The van der Waals surface area contributed by atoms with Crippen molar-refractivity contribution in [2.45, 2.75) is 57.8 Å². The van der Waals surface area contributed by atoms with E-state index in [0.717, 1.165) is 46.8 Å². The number of imidazole rings is 1. The van der Waals surface area contributed by atoms with Gasteiger partial charge in [-0.3, -0.25) is 4.79 Å². The zero-order valence-corrected chi connectivity index (χ0v) is 20.8. The maximum atomic E-state index is 13.9. The molecule has 1 aromatic heterocycles. The van der Waals surface area contributed by atoms with Crippen LogP contribution in [0.25, 0.3) is 11.0 Å². The molecule has 1 fully saturated rings. The van der Waals surface area contributed by atoms with Gasteiger partial charge in [0.1, 0.15) is 30.5 Å². The van der Waals surface area contributed by atoms with Gasteiger partial charge < -0.3 is 18.9 Å². The van der Waals surface area contributed by atoms with Gasteiger partial charge in [0.05, 0.1) is 18.1 Å². The Morgan fingerprint density at radius 3 is 2.36 bits per heavy atom. The van der Waals surface area contributed by atoms with Crippen LogP contribution < -0.4 is 9.47 Å². The smallest absolute Gasteiger partial charge is 0.243 e. The average Bonchev–Trinajstić information content (AvgIpc) is 3.29. The number of nitrogens with zero attached hydrogens (tertiary/aromatic N) is 3. The number of methoxy groups -OCH3 is 1. The summed E-state index contributed by atoms with van der Waals surface area (Å²) in [4.78, 5) is 20.8.